The molecule has 152 valence electrons. The number of nitrogens with one attached hydrogen (secondary N) is 2. The minimum Gasteiger partial charge on any atom is -0.361 e. The molecule has 10 heteroatoms. The van der Waals surface area contributed by atoms with E-state index in [2.05, 4.69) is 20.6 Å². The van der Waals surface area contributed by atoms with Gasteiger partial charge in [0.05, 0.1) is 31.7 Å². The smallest absolute Gasteiger partial charge is 0.273 e. The van der Waals surface area contributed by atoms with Crippen molar-refractivity contribution in [2.75, 3.05) is 13.6 Å². The molecule has 1 unspecified atom stereocenters. The molecule has 0 radical (unpaired) electrons. The molecule has 0 spiro atoms. The van der Waals surface area contributed by atoms with Gasteiger partial charge in [0.2, 0.25) is 5.91 Å². The second-order valence-electron chi connectivity index (χ2n) is 7.18. The molecule has 29 heavy (non-hydrogen) atoms. The van der Waals surface area contributed by atoms with Crippen molar-refractivity contribution in [3.05, 3.63) is 47.9 Å². The van der Waals surface area contributed by atoms with Crippen LogP contribution >= 0.6 is 0 Å². The van der Waals surface area contributed by atoms with Crippen LogP contribution in [0.4, 0.5) is 8.78 Å². The number of H-pyrrole nitrogens is 1. The molecule has 2 amide bonds. The summed E-state index contributed by atoms with van der Waals surface area (Å²) in [6.07, 6.45) is 2.69. The Morgan fingerprint density at radius 3 is 2.93 bits per heavy atom. The van der Waals surface area contributed by atoms with Crippen LogP contribution in [0.25, 0.3) is 10.9 Å². The molecule has 4 rings (SSSR count). The lowest BCUT2D eigenvalue weighted by atomic mass is 10.1. The highest BCUT2D eigenvalue weighted by molar-refractivity contribution is 5.91. The maximum Gasteiger partial charge on any atom is 0.273 e. The summed E-state index contributed by atoms with van der Waals surface area (Å²) in [5.41, 5.74) is 1.75. The van der Waals surface area contributed by atoms with Gasteiger partial charge in [-0.3, -0.25) is 9.59 Å². The number of likely N-dealkylation sites (tertiary alicyclic amines) is 1. The van der Waals surface area contributed by atoms with Crippen LogP contribution in [-0.4, -0.2) is 62.2 Å². The van der Waals surface area contributed by atoms with Gasteiger partial charge in [-0.05, 0) is 11.6 Å². The number of aromatic amines is 1. The van der Waals surface area contributed by atoms with E-state index in [0.717, 1.165) is 16.5 Å². The maximum absolute atomic E-state index is 14.1. The normalized spacial score (nSPS) is 18.3. The van der Waals surface area contributed by atoms with E-state index in [-0.39, 0.29) is 24.6 Å². The number of rotatable bonds is 5. The van der Waals surface area contributed by atoms with Crippen molar-refractivity contribution < 1.29 is 18.4 Å². The Kier molecular flexibility index (Phi) is 4.77. The van der Waals surface area contributed by atoms with Gasteiger partial charge in [-0.1, -0.05) is 23.4 Å². The van der Waals surface area contributed by atoms with E-state index < -0.39 is 30.8 Å². The maximum atomic E-state index is 14.1. The fourth-order valence-corrected chi connectivity index (χ4v) is 3.73. The van der Waals surface area contributed by atoms with E-state index in [0.29, 0.717) is 0 Å². The number of hydrogen-bond acceptors (Lipinski definition) is 4. The van der Waals surface area contributed by atoms with Crippen molar-refractivity contribution in [2.24, 2.45) is 0 Å². The molecular weight excluding hydrogens is 382 g/mol. The van der Waals surface area contributed by atoms with Gasteiger partial charge in [-0.15, -0.1) is 5.10 Å². The minimum absolute atomic E-state index is 0.0252. The number of aromatic nitrogens is 4. The predicted molar refractivity (Wildman–Crippen MR) is 100 cm³/mol. The largest absolute Gasteiger partial charge is 0.361 e. The summed E-state index contributed by atoms with van der Waals surface area (Å²) in [7, 11) is 1.46. The Labute approximate surface area is 164 Å². The molecule has 0 bridgehead atoms. The van der Waals surface area contributed by atoms with E-state index >= 15 is 0 Å². The highest BCUT2D eigenvalue weighted by Gasteiger charge is 2.47. The van der Waals surface area contributed by atoms with Crippen molar-refractivity contribution in [1.82, 2.24) is 30.2 Å². The third kappa shape index (κ3) is 3.82. The quantitative estimate of drug-likeness (QED) is 0.678. The summed E-state index contributed by atoms with van der Waals surface area (Å²) in [5.74, 6) is -3.76. The lowest BCUT2D eigenvalue weighted by molar-refractivity contribution is -0.132. The molecule has 2 N–H and O–H groups in total. The first kappa shape index (κ1) is 19.0. The molecule has 1 fully saturated rings. The first-order chi connectivity index (χ1) is 13.9. The summed E-state index contributed by atoms with van der Waals surface area (Å²) in [5, 5.41) is 10.9. The van der Waals surface area contributed by atoms with Gasteiger partial charge in [0, 0.05) is 30.6 Å². The molecule has 3 heterocycles. The van der Waals surface area contributed by atoms with Gasteiger partial charge in [0.15, 0.2) is 5.69 Å². The number of benzene rings is 1. The summed E-state index contributed by atoms with van der Waals surface area (Å²) >= 11 is 0. The highest BCUT2D eigenvalue weighted by Crippen LogP contribution is 2.33. The summed E-state index contributed by atoms with van der Waals surface area (Å²) < 4.78 is 29.6. The second-order valence-corrected chi connectivity index (χ2v) is 7.18. The molecule has 1 aromatic carbocycles. The zero-order chi connectivity index (χ0) is 20.6. The molecule has 0 aliphatic carbocycles. The third-order valence-electron chi connectivity index (χ3n) is 5.11. The van der Waals surface area contributed by atoms with Crippen molar-refractivity contribution in [1.29, 1.82) is 0 Å². The Morgan fingerprint density at radius 1 is 1.34 bits per heavy atom. The number of para-hydroxylation sites is 1. The molecule has 1 saturated heterocycles. The van der Waals surface area contributed by atoms with Gasteiger partial charge in [-0.2, -0.15) is 0 Å². The standard InChI is InChI=1S/C19H20F2N6O2/c1-22-18(29)16-10-26(25-24-16)9-13-7-19(20,21)11-27(13)17(28)6-12-8-23-15-5-3-2-4-14(12)15/h2-5,8,10,13,23H,6-7,9,11H2,1H3,(H,22,29). The Bertz CT molecular complexity index is 1060. The van der Waals surface area contributed by atoms with Crippen molar-refractivity contribution in [3.8, 4) is 0 Å². The fourth-order valence-electron chi connectivity index (χ4n) is 3.73. The molecule has 2 aromatic heterocycles. The SMILES string of the molecule is CNC(=O)c1cn(CC2CC(F)(F)CN2C(=O)Cc2c[nH]c3ccccc23)nn1. The Balaban J connectivity index is 1.52. The van der Waals surface area contributed by atoms with Gasteiger partial charge < -0.3 is 15.2 Å². The number of carbonyl (C=O) groups is 2. The summed E-state index contributed by atoms with van der Waals surface area (Å²) in [4.78, 5) is 28.8. The van der Waals surface area contributed by atoms with Crippen molar-refractivity contribution >= 4 is 22.7 Å². The fraction of sp³-hybridized carbons (Fsp3) is 0.368. The summed E-state index contributed by atoms with van der Waals surface area (Å²) in [6.45, 7) is -0.588. The Hall–Kier alpha value is -3.30. The second kappa shape index (κ2) is 7.26. The van der Waals surface area contributed by atoms with Crippen LogP contribution in [0.1, 0.15) is 22.5 Å². The van der Waals surface area contributed by atoms with Gasteiger partial charge >= 0.3 is 0 Å². The van der Waals surface area contributed by atoms with Gasteiger partial charge in [0.1, 0.15) is 0 Å². The van der Waals surface area contributed by atoms with Crippen LogP contribution in [0, 0.1) is 0 Å². The van der Waals surface area contributed by atoms with E-state index in [4.69, 9.17) is 0 Å². The van der Waals surface area contributed by atoms with E-state index in [1.54, 1.807) is 6.20 Å². The first-order valence-electron chi connectivity index (χ1n) is 9.21. The lowest BCUT2D eigenvalue weighted by Crippen LogP contribution is -2.39. The number of amides is 2. The third-order valence-corrected chi connectivity index (χ3v) is 5.11. The molecule has 0 saturated carbocycles. The monoisotopic (exact) mass is 402 g/mol. The van der Waals surface area contributed by atoms with Crippen molar-refractivity contribution in [3.63, 3.8) is 0 Å². The number of carbonyl (C=O) groups excluding carboxylic acids is 2. The molecule has 1 aliphatic heterocycles. The summed E-state index contributed by atoms with van der Waals surface area (Å²) in [6, 6.07) is 6.80. The number of alkyl halides is 2. The van der Waals surface area contributed by atoms with Crippen LogP contribution in [0.5, 0.6) is 0 Å². The molecular formula is C19H20F2N6O2. The van der Waals surface area contributed by atoms with E-state index in [1.807, 2.05) is 24.3 Å². The number of hydrogen-bond donors (Lipinski definition) is 2. The van der Waals surface area contributed by atoms with E-state index in [9.17, 15) is 18.4 Å². The van der Waals surface area contributed by atoms with Gasteiger partial charge in [-0.25, -0.2) is 13.5 Å². The molecule has 8 nitrogen and oxygen atoms in total. The zero-order valence-electron chi connectivity index (χ0n) is 15.7. The lowest BCUT2D eigenvalue weighted by Gasteiger charge is -2.23. The zero-order valence-corrected chi connectivity index (χ0v) is 15.7. The highest BCUT2D eigenvalue weighted by atomic mass is 19.3. The van der Waals surface area contributed by atoms with Crippen molar-refractivity contribution in [2.45, 2.75) is 31.4 Å². The minimum atomic E-state index is -2.97. The average Bonchev–Trinajstić information content (AvgIpc) is 3.39. The van der Waals surface area contributed by atoms with E-state index in [1.165, 1.54) is 22.8 Å². The van der Waals surface area contributed by atoms with Crippen LogP contribution in [-0.2, 0) is 17.8 Å². The molecule has 3 aromatic rings. The Morgan fingerprint density at radius 2 is 2.14 bits per heavy atom. The molecule has 1 atom stereocenters. The topological polar surface area (TPSA) is 95.9 Å². The number of halogens is 2. The number of nitrogens with zero attached hydrogens (tertiary/aromatic N) is 4. The number of fused-ring (bicyclic) bond motifs is 1. The van der Waals surface area contributed by atoms with Crippen LogP contribution in [0.2, 0.25) is 0 Å². The predicted octanol–water partition coefficient (Wildman–Crippen LogP) is 1.60. The average molecular weight is 402 g/mol. The first-order valence-corrected chi connectivity index (χ1v) is 9.21. The van der Waals surface area contributed by atoms with Crippen LogP contribution in [0.15, 0.2) is 36.7 Å². The van der Waals surface area contributed by atoms with Crippen LogP contribution < -0.4 is 5.32 Å². The molecule has 1 aliphatic rings. The van der Waals surface area contributed by atoms with Crippen LogP contribution in [0.3, 0.4) is 0 Å². The van der Waals surface area contributed by atoms with Gasteiger partial charge in [0.25, 0.3) is 11.8 Å².